The highest BCUT2D eigenvalue weighted by Gasteiger charge is 2.31. The fourth-order valence-electron chi connectivity index (χ4n) is 4.21. The summed E-state index contributed by atoms with van der Waals surface area (Å²) in [7, 11) is 3.43. The van der Waals surface area contributed by atoms with Crippen LogP contribution in [0.1, 0.15) is 23.1 Å². The lowest BCUT2D eigenvalue weighted by Gasteiger charge is -2.25. The predicted octanol–water partition coefficient (Wildman–Crippen LogP) is 2.96. The molecule has 36 heavy (non-hydrogen) atoms. The minimum Gasteiger partial charge on any atom is -0.497 e. The van der Waals surface area contributed by atoms with E-state index < -0.39 is 6.10 Å². The summed E-state index contributed by atoms with van der Waals surface area (Å²) < 4.78 is 27.1. The molecule has 1 saturated heterocycles. The van der Waals surface area contributed by atoms with Crippen molar-refractivity contribution < 1.29 is 23.5 Å². The molecule has 1 fully saturated rings. The third-order valence-electron chi connectivity index (χ3n) is 6.23. The number of aromatic nitrogens is 2. The second kappa shape index (κ2) is 11.8. The molecule has 1 aliphatic rings. The van der Waals surface area contributed by atoms with Crippen LogP contribution in [0, 0.1) is 5.82 Å². The molecule has 1 aromatic heterocycles. The Labute approximate surface area is 210 Å². The Balaban J connectivity index is 1.47. The van der Waals surface area contributed by atoms with Gasteiger partial charge in [-0.3, -0.25) is 14.3 Å². The molecule has 8 nitrogen and oxygen atoms in total. The number of rotatable bonds is 9. The summed E-state index contributed by atoms with van der Waals surface area (Å²) in [5, 5.41) is 4.14. The summed E-state index contributed by atoms with van der Waals surface area (Å²) in [6.45, 7) is 0.957. The van der Waals surface area contributed by atoms with Crippen molar-refractivity contribution in [2.75, 3.05) is 26.7 Å². The van der Waals surface area contributed by atoms with E-state index in [1.807, 2.05) is 37.5 Å². The summed E-state index contributed by atoms with van der Waals surface area (Å²) in [5.41, 5.74) is 2.33. The van der Waals surface area contributed by atoms with E-state index in [4.69, 9.17) is 9.47 Å². The highest BCUT2D eigenvalue weighted by Crippen LogP contribution is 2.18. The van der Waals surface area contributed by atoms with Gasteiger partial charge in [-0.25, -0.2) is 4.39 Å². The quantitative estimate of drug-likeness (QED) is 0.457. The fraction of sp³-hybridized carbons (Fsp3) is 0.370. The van der Waals surface area contributed by atoms with Gasteiger partial charge in [-0.15, -0.1) is 0 Å². The van der Waals surface area contributed by atoms with Gasteiger partial charge in [0.15, 0.2) is 0 Å². The number of hydrogen-bond acceptors (Lipinski definition) is 5. The molecule has 0 bridgehead atoms. The Bertz CT molecular complexity index is 1180. The number of carbonyl (C=O) groups is 2. The van der Waals surface area contributed by atoms with Gasteiger partial charge in [0.05, 0.1) is 32.6 Å². The lowest BCUT2D eigenvalue weighted by Crippen LogP contribution is -2.39. The van der Waals surface area contributed by atoms with Crippen molar-refractivity contribution in [3.05, 3.63) is 83.4 Å². The molecule has 9 heteroatoms. The molecule has 1 aliphatic heterocycles. The van der Waals surface area contributed by atoms with Crippen LogP contribution in [-0.2, 0) is 40.9 Å². The maximum absolute atomic E-state index is 14.2. The molecule has 0 saturated carbocycles. The van der Waals surface area contributed by atoms with Gasteiger partial charge < -0.3 is 19.3 Å². The van der Waals surface area contributed by atoms with Gasteiger partial charge in [-0.1, -0.05) is 30.3 Å². The Morgan fingerprint density at radius 2 is 1.89 bits per heavy atom. The van der Waals surface area contributed by atoms with Gasteiger partial charge >= 0.3 is 0 Å². The van der Waals surface area contributed by atoms with Gasteiger partial charge in [0, 0.05) is 44.9 Å². The number of hydrogen-bond donors (Lipinski definition) is 0. The molecule has 0 radical (unpaired) electrons. The van der Waals surface area contributed by atoms with Crippen LogP contribution in [0.2, 0.25) is 0 Å². The summed E-state index contributed by atoms with van der Waals surface area (Å²) in [4.78, 5) is 29.5. The van der Waals surface area contributed by atoms with Gasteiger partial charge in [0.2, 0.25) is 11.8 Å². The van der Waals surface area contributed by atoms with Gasteiger partial charge in [0.25, 0.3) is 0 Å². The van der Waals surface area contributed by atoms with Crippen LogP contribution in [-0.4, -0.2) is 64.2 Å². The minimum atomic E-state index is -0.461. The average molecular weight is 495 g/mol. The Hall–Kier alpha value is -3.72. The van der Waals surface area contributed by atoms with E-state index in [1.54, 1.807) is 46.0 Å². The Morgan fingerprint density at radius 3 is 2.58 bits per heavy atom. The Morgan fingerprint density at radius 1 is 1.11 bits per heavy atom. The van der Waals surface area contributed by atoms with E-state index in [2.05, 4.69) is 5.10 Å². The van der Waals surface area contributed by atoms with Crippen molar-refractivity contribution in [1.29, 1.82) is 0 Å². The largest absolute Gasteiger partial charge is 0.497 e. The van der Waals surface area contributed by atoms with Crippen molar-refractivity contribution in [3.63, 3.8) is 0 Å². The molecular formula is C27H31FN4O4. The fourth-order valence-corrected chi connectivity index (χ4v) is 4.21. The van der Waals surface area contributed by atoms with E-state index in [9.17, 15) is 14.0 Å². The van der Waals surface area contributed by atoms with Crippen LogP contribution >= 0.6 is 0 Å². The van der Waals surface area contributed by atoms with E-state index in [0.29, 0.717) is 25.1 Å². The summed E-state index contributed by atoms with van der Waals surface area (Å²) in [6, 6.07) is 13.9. The molecular weight excluding hydrogens is 463 g/mol. The van der Waals surface area contributed by atoms with Crippen molar-refractivity contribution in [3.8, 4) is 5.75 Å². The summed E-state index contributed by atoms with van der Waals surface area (Å²) in [6.07, 6.45) is 3.94. The van der Waals surface area contributed by atoms with E-state index in [0.717, 1.165) is 16.9 Å². The molecule has 0 aliphatic carbocycles. The van der Waals surface area contributed by atoms with Gasteiger partial charge in [-0.2, -0.15) is 5.10 Å². The smallest absolute Gasteiger partial charge is 0.242 e. The van der Waals surface area contributed by atoms with Crippen molar-refractivity contribution in [2.24, 2.45) is 7.05 Å². The zero-order chi connectivity index (χ0) is 25.5. The number of ether oxygens (including phenoxy) is 2. The number of aryl methyl sites for hydroxylation is 2. The van der Waals surface area contributed by atoms with Gasteiger partial charge in [0.1, 0.15) is 11.6 Å². The number of nitrogens with zero attached hydrogens (tertiary/aromatic N) is 4. The van der Waals surface area contributed by atoms with Gasteiger partial charge in [-0.05, 0) is 35.7 Å². The molecule has 4 rings (SSSR count). The second-order valence-electron chi connectivity index (χ2n) is 8.94. The van der Waals surface area contributed by atoms with E-state index >= 15 is 0 Å². The van der Waals surface area contributed by atoms with E-state index in [-0.39, 0.29) is 43.7 Å². The molecule has 0 N–H and O–H groups in total. The molecule has 190 valence electrons. The number of amides is 2. The lowest BCUT2D eigenvalue weighted by atomic mass is 10.2. The Kier molecular flexibility index (Phi) is 8.32. The van der Waals surface area contributed by atoms with Crippen molar-refractivity contribution >= 4 is 11.8 Å². The zero-order valence-corrected chi connectivity index (χ0v) is 20.6. The van der Waals surface area contributed by atoms with Crippen LogP contribution in [0.5, 0.6) is 5.75 Å². The molecule has 2 amide bonds. The van der Waals surface area contributed by atoms with E-state index in [1.165, 1.54) is 6.07 Å². The monoisotopic (exact) mass is 494 g/mol. The third-order valence-corrected chi connectivity index (χ3v) is 6.23. The molecule has 1 atom stereocenters. The van der Waals surface area contributed by atoms with Crippen molar-refractivity contribution in [1.82, 2.24) is 19.6 Å². The van der Waals surface area contributed by atoms with Crippen LogP contribution in [0.25, 0.3) is 0 Å². The first-order valence-corrected chi connectivity index (χ1v) is 11.9. The lowest BCUT2D eigenvalue weighted by molar-refractivity contribution is -0.139. The molecule has 0 spiro atoms. The first kappa shape index (κ1) is 25.4. The topological polar surface area (TPSA) is 76.9 Å². The minimum absolute atomic E-state index is 0.0262. The normalized spacial score (nSPS) is 16.2. The third kappa shape index (κ3) is 6.69. The first-order chi connectivity index (χ1) is 17.4. The first-order valence-electron chi connectivity index (χ1n) is 11.9. The molecule has 0 unspecified atom stereocenters. The highest BCUT2D eigenvalue weighted by molar-refractivity contribution is 5.85. The summed E-state index contributed by atoms with van der Waals surface area (Å²) >= 11 is 0. The standard InChI is InChI=1S/C27H31FN4O4/c1-30-14-21(13-29-30)9-12-26(33)32-17-24(36-19-22-5-3-4-6-25(22)28)16-31(27(34)18-32)15-20-7-10-23(35-2)11-8-20/h3-8,10-11,13-14,24H,9,12,15-19H2,1-2H3/t24-/m0/s1. The number of halogens is 1. The SMILES string of the molecule is COc1ccc(CN2C[C@H](OCc3ccccc3F)CN(C(=O)CCc3cnn(C)c3)CC2=O)cc1. The molecule has 2 aromatic carbocycles. The second-order valence-corrected chi connectivity index (χ2v) is 8.94. The average Bonchev–Trinajstić information content (AvgIpc) is 3.23. The maximum atomic E-state index is 14.2. The van der Waals surface area contributed by atoms with Crippen LogP contribution in [0.4, 0.5) is 4.39 Å². The molecule has 3 aromatic rings. The van der Waals surface area contributed by atoms with Crippen LogP contribution in [0.3, 0.4) is 0 Å². The number of carbonyl (C=O) groups excluding carboxylic acids is 2. The van der Waals surface area contributed by atoms with Crippen LogP contribution in [0.15, 0.2) is 60.9 Å². The van der Waals surface area contributed by atoms with Crippen LogP contribution < -0.4 is 4.74 Å². The maximum Gasteiger partial charge on any atom is 0.242 e. The number of methoxy groups -OCH3 is 1. The summed E-state index contributed by atoms with van der Waals surface area (Å²) in [5.74, 6) is 0.106. The zero-order valence-electron chi connectivity index (χ0n) is 20.6. The predicted molar refractivity (Wildman–Crippen MR) is 131 cm³/mol. The highest BCUT2D eigenvalue weighted by atomic mass is 19.1. The number of benzene rings is 2. The van der Waals surface area contributed by atoms with Crippen molar-refractivity contribution in [2.45, 2.75) is 32.1 Å². The molecule has 2 heterocycles.